The highest BCUT2D eigenvalue weighted by atomic mass is 16.5. The number of amides is 1. The molecule has 2 heterocycles. The molecule has 7 nitrogen and oxygen atoms in total. The SMILES string of the molecule is COCC(=O)NC(CC(C)C)c1nnc2n1CCN(Cc1cc(C)c(C)cc1C)CC2. The van der Waals surface area contributed by atoms with Gasteiger partial charge < -0.3 is 14.6 Å². The number of carbonyl (C=O) groups is 1. The van der Waals surface area contributed by atoms with Crippen LogP contribution in [-0.4, -0.2) is 52.4 Å². The number of fused-ring (bicyclic) bond motifs is 1. The minimum Gasteiger partial charge on any atom is -0.375 e. The largest absolute Gasteiger partial charge is 0.375 e. The van der Waals surface area contributed by atoms with Crippen molar-refractivity contribution < 1.29 is 9.53 Å². The van der Waals surface area contributed by atoms with Gasteiger partial charge in [0.15, 0.2) is 5.82 Å². The van der Waals surface area contributed by atoms with E-state index in [4.69, 9.17) is 4.74 Å². The average molecular weight is 428 g/mol. The Morgan fingerprint density at radius 2 is 1.84 bits per heavy atom. The van der Waals surface area contributed by atoms with Crippen molar-refractivity contribution >= 4 is 5.91 Å². The molecule has 31 heavy (non-hydrogen) atoms. The molecule has 0 spiro atoms. The number of methoxy groups -OCH3 is 1. The van der Waals surface area contributed by atoms with Crippen molar-refractivity contribution in [1.82, 2.24) is 25.0 Å². The summed E-state index contributed by atoms with van der Waals surface area (Å²) >= 11 is 0. The summed E-state index contributed by atoms with van der Waals surface area (Å²) in [5, 5.41) is 12.1. The first-order chi connectivity index (χ1) is 14.8. The van der Waals surface area contributed by atoms with Crippen LogP contribution in [0.1, 0.15) is 60.2 Å². The van der Waals surface area contributed by atoms with Gasteiger partial charge in [-0.05, 0) is 55.4 Å². The van der Waals surface area contributed by atoms with E-state index in [0.717, 1.165) is 50.7 Å². The fourth-order valence-corrected chi connectivity index (χ4v) is 4.30. The van der Waals surface area contributed by atoms with Crippen LogP contribution in [-0.2, 0) is 29.0 Å². The third-order valence-corrected chi connectivity index (χ3v) is 6.12. The van der Waals surface area contributed by atoms with Crippen LogP contribution in [0.4, 0.5) is 0 Å². The zero-order chi connectivity index (χ0) is 22.5. The molecule has 7 heteroatoms. The van der Waals surface area contributed by atoms with Gasteiger partial charge in [0.25, 0.3) is 0 Å². The lowest BCUT2D eigenvalue weighted by atomic mass is 10.0. The molecule has 1 aliphatic heterocycles. The number of nitrogens with one attached hydrogen (secondary N) is 1. The summed E-state index contributed by atoms with van der Waals surface area (Å²) in [5.41, 5.74) is 5.44. The van der Waals surface area contributed by atoms with Gasteiger partial charge in [-0.1, -0.05) is 26.0 Å². The van der Waals surface area contributed by atoms with E-state index < -0.39 is 0 Å². The quantitative estimate of drug-likeness (QED) is 0.701. The van der Waals surface area contributed by atoms with Crippen LogP contribution in [0.15, 0.2) is 12.1 Å². The van der Waals surface area contributed by atoms with Gasteiger partial charge in [-0.15, -0.1) is 10.2 Å². The van der Waals surface area contributed by atoms with E-state index in [1.165, 1.54) is 29.4 Å². The number of hydrogen-bond acceptors (Lipinski definition) is 5. The topological polar surface area (TPSA) is 72.3 Å². The van der Waals surface area contributed by atoms with E-state index in [0.29, 0.717) is 5.92 Å². The Morgan fingerprint density at radius 3 is 2.55 bits per heavy atom. The molecule has 1 N–H and O–H groups in total. The van der Waals surface area contributed by atoms with Gasteiger partial charge in [0.05, 0.1) is 6.04 Å². The van der Waals surface area contributed by atoms with Crippen molar-refractivity contribution in [2.75, 3.05) is 26.8 Å². The van der Waals surface area contributed by atoms with E-state index >= 15 is 0 Å². The molecule has 0 radical (unpaired) electrons. The molecule has 0 bridgehead atoms. The number of ether oxygens (including phenoxy) is 1. The molecule has 1 aromatic carbocycles. The zero-order valence-corrected chi connectivity index (χ0v) is 19.9. The Labute approximate surface area is 186 Å². The number of benzene rings is 1. The van der Waals surface area contributed by atoms with Crippen molar-refractivity contribution in [1.29, 1.82) is 0 Å². The van der Waals surface area contributed by atoms with Crippen molar-refractivity contribution in [3.05, 3.63) is 46.0 Å². The summed E-state index contributed by atoms with van der Waals surface area (Å²) in [7, 11) is 1.53. The van der Waals surface area contributed by atoms with Gasteiger partial charge in [-0.2, -0.15) is 0 Å². The van der Waals surface area contributed by atoms with Crippen molar-refractivity contribution in [3.8, 4) is 0 Å². The Bertz CT molecular complexity index is 906. The molecular formula is C24H37N5O2. The van der Waals surface area contributed by atoms with Crippen LogP contribution in [0, 0.1) is 26.7 Å². The zero-order valence-electron chi connectivity index (χ0n) is 19.9. The summed E-state index contributed by atoms with van der Waals surface area (Å²) < 4.78 is 7.21. The second-order valence-electron chi connectivity index (χ2n) is 9.20. The highest BCUT2D eigenvalue weighted by Gasteiger charge is 2.26. The number of carbonyl (C=O) groups excluding carboxylic acids is 1. The second kappa shape index (κ2) is 10.4. The van der Waals surface area contributed by atoms with Crippen LogP contribution in [0.5, 0.6) is 0 Å². The number of aromatic nitrogens is 3. The Morgan fingerprint density at radius 1 is 1.10 bits per heavy atom. The Hall–Kier alpha value is -2.25. The smallest absolute Gasteiger partial charge is 0.246 e. The van der Waals surface area contributed by atoms with E-state index in [-0.39, 0.29) is 18.6 Å². The maximum atomic E-state index is 12.2. The van der Waals surface area contributed by atoms with Crippen LogP contribution >= 0.6 is 0 Å². The van der Waals surface area contributed by atoms with E-state index in [9.17, 15) is 4.79 Å². The predicted molar refractivity (Wildman–Crippen MR) is 122 cm³/mol. The van der Waals surface area contributed by atoms with Gasteiger partial charge >= 0.3 is 0 Å². The third-order valence-electron chi connectivity index (χ3n) is 6.12. The summed E-state index contributed by atoms with van der Waals surface area (Å²) in [6.45, 7) is 14.6. The molecule has 170 valence electrons. The predicted octanol–water partition coefficient (Wildman–Crippen LogP) is 3.11. The normalized spacial score (nSPS) is 15.6. The number of nitrogens with zero attached hydrogens (tertiary/aromatic N) is 4. The van der Waals surface area contributed by atoms with Gasteiger partial charge in [-0.3, -0.25) is 9.69 Å². The van der Waals surface area contributed by atoms with E-state index in [2.05, 4.69) is 71.7 Å². The van der Waals surface area contributed by atoms with Gasteiger partial charge in [0, 0.05) is 39.7 Å². The molecule has 0 fully saturated rings. The first-order valence-corrected chi connectivity index (χ1v) is 11.3. The van der Waals surface area contributed by atoms with E-state index in [1.54, 1.807) is 0 Å². The molecule has 0 saturated heterocycles. The third kappa shape index (κ3) is 5.92. The first-order valence-electron chi connectivity index (χ1n) is 11.3. The van der Waals surface area contributed by atoms with Gasteiger partial charge in [0.1, 0.15) is 12.4 Å². The molecule has 0 saturated carbocycles. The highest BCUT2D eigenvalue weighted by Crippen LogP contribution is 2.23. The molecule has 1 amide bonds. The fourth-order valence-electron chi connectivity index (χ4n) is 4.30. The molecule has 1 aromatic heterocycles. The summed E-state index contributed by atoms with van der Waals surface area (Å²) in [6, 6.07) is 4.46. The maximum absolute atomic E-state index is 12.2. The standard InChI is InChI=1S/C24H37N5O2/c1-16(2)11-21(25-23(30)15-31-6)24-27-26-22-7-8-28(9-10-29(22)24)14-20-13-18(4)17(3)12-19(20)5/h12-13,16,21H,7-11,14-15H2,1-6H3,(H,25,30). The minimum atomic E-state index is -0.155. The molecule has 3 rings (SSSR count). The number of rotatable bonds is 8. The lowest BCUT2D eigenvalue weighted by Gasteiger charge is -2.23. The van der Waals surface area contributed by atoms with Crippen LogP contribution in [0.3, 0.4) is 0 Å². The van der Waals surface area contributed by atoms with Crippen molar-refractivity contribution in [3.63, 3.8) is 0 Å². The summed E-state index contributed by atoms with van der Waals surface area (Å²) in [4.78, 5) is 14.7. The summed E-state index contributed by atoms with van der Waals surface area (Å²) in [6.07, 6.45) is 1.68. The maximum Gasteiger partial charge on any atom is 0.246 e. The van der Waals surface area contributed by atoms with Crippen molar-refractivity contribution in [2.24, 2.45) is 5.92 Å². The Kier molecular flexibility index (Phi) is 7.84. The Balaban J connectivity index is 1.74. The van der Waals surface area contributed by atoms with Crippen LogP contribution in [0.2, 0.25) is 0 Å². The number of hydrogen-bond donors (Lipinski definition) is 1. The van der Waals surface area contributed by atoms with Gasteiger partial charge in [-0.25, -0.2) is 0 Å². The lowest BCUT2D eigenvalue weighted by molar-refractivity contribution is -0.125. The average Bonchev–Trinajstić information content (AvgIpc) is 2.99. The molecule has 1 unspecified atom stereocenters. The molecule has 1 aliphatic rings. The van der Waals surface area contributed by atoms with Crippen LogP contribution in [0.25, 0.3) is 0 Å². The fraction of sp³-hybridized carbons (Fsp3) is 0.625. The van der Waals surface area contributed by atoms with Crippen LogP contribution < -0.4 is 5.32 Å². The second-order valence-corrected chi connectivity index (χ2v) is 9.20. The minimum absolute atomic E-state index is 0.0543. The number of aryl methyl sites for hydroxylation is 3. The molecule has 1 atom stereocenters. The van der Waals surface area contributed by atoms with E-state index in [1.807, 2.05) is 0 Å². The molecule has 0 aliphatic carbocycles. The lowest BCUT2D eigenvalue weighted by Crippen LogP contribution is -2.34. The van der Waals surface area contributed by atoms with Crippen molar-refractivity contribution in [2.45, 2.75) is 66.6 Å². The first kappa shape index (κ1) is 23.4. The monoisotopic (exact) mass is 427 g/mol. The van der Waals surface area contributed by atoms with Gasteiger partial charge in [0.2, 0.25) is 5.91 Å². The molecule has 2 aromatic rings. The molecular weight excluding hydrogens is 390 g/mol. The summed E-state index contributed by atoms with van der Waals surface area (Å²) in [5.74, 6) is 2.17. The highest BCUT2D eigenvalue weighted by molar-refractivity contribution is 5.77.